The number of hydrogen-bond acceptors (Lipinski definition) is 8. The molecule has 12 nitrogen and oxygen atoms in total. The smallest absolute Gasteiger partial charge is 0.348 e. The van der Waals surface area contributed by atoms with Crippen LogP contribution >= 0.6 is 0 Å². The number of allylic oxidation sites excluding steroid dienone is 1. The van der Waals surface area contributed by atoms with Crippen molar-refractivity contribution in [2.75, 3.05) is 0 Å². The number of ketones is 1. The number of nitrogens with one attached hydrogen (secondary N) is 1. The molecule has 2 rings (SSSR count). The van der Waals surface area contributed by atoms with Crippen molar-refractivity contribution in [1.82, 2.24) is 19.2 Å². The maximum absolute atomic E-state index is 12.7. The van der Waals surface area contributed by atoms with Gasteiger partial charge >= 0.3 is 11.4 Å². The van der Waals surface area contributed by atoms with Gasteiger partial charge in [-0.25, -0.2) is 23.5 Å². The Kier molecular flexibility index (Phi) is 6.56. The third-order valence-electron chi connectivity index (χ3n) is 4.52. The van der Waals surface area contributed by atoms with E-state index in [2.05, 4.69) is 5.32 Å². The SMILES string of the molecule is CC(=O)[C@H](CC(=O)[O-])NC(=O)[C@@H]1C=C[C@@H](C)n2c(=O)n(CCCC(=O)[O-])c(=O)n21. The average molecular weight is 408 g/mol. The maximum atomic E-state index is 12.7. The Morgan fingerprint density at radius 1 is 1.07 bits per heavy atom. The first kappa shape index (κ1) is 21.9. The summed E-state index contributed by atoms with van der Waals surface area (Å²) in [5.74, 6) is -4.32. The predicted octanol–water partition coefficient (Wildman–Crippen LogP) is -3.77. The van der Waals surface area contributed by atoms with Crippen LogP contribution in [-0.2, 0) is 25.7 Å². The molecule has 0 radical (unpaired) electrons. The van der Waals surface area contributed by atoms with Crippen LogP contribution in [0.15, 0.2) is 21.7 Å². The number of carboxylic acid groups (broad SMARTS) is 2. The van der Waals surface area contributed by atoms with Gasteiger partial charge in [-0.3, -0.25) is 9.59 Å². The zero-order valence-electron chi connectivity index (χ0n) is 15.8. The molecule has 1 aliphatic rings. The molecule has 12 heteroatoms. The van der Waals surface area contributed by atoms with Crippen molar-refractivity contribution < 1.29 is 29.4 Å². The molecule has 1 aliphatic heterocycles. The molecule has 0 saturated heterocycles. The number of carboxylic acids is 2. The summed E-state index contributed by atoms with van der Waals surface area (Å²) in [5, 5.41) is 23.6. The van der Waals surface area contributed by atoms with Crippen molar-refractivity contribution in [1.29, 1.82) is 0 Å². The Labute approximate surface area is 164 Å². The number of hydrogen-bond donors (Lipinski definition) is 1. The summed E-state index contributed by atoms with van der Waals surface area (Å²) in [6, 6.07) is -3.20. The van der Waals surface area contributed by atoms with E-state index in [4.69, 9.17) is 0 Å². The quantitative estimate of drug-likeness (QED) is 0.405. The minimum atomic E-state index is -1.54. The molecule has 1 amide bonds. The monoisotopic (exact) mass is 408 g/mol. The molecule has 0 unspecified atom stereocenters. The number of aromatic nitrogens is 3. The highest BCUT2D eigenvalue weighted by atomic mass is 16.4. The van der Waals surface area contributed by atoms with Crippen LogP contribution in [0.25, 0.3) is 0 Å². The molecule has 1 aromatic rings. The second-order valence-corrected chi connectivity index (χ2v) is 6.70. The van der Waals surface area contributed by atoms with Crippen LogP contribution in [0.3, 0.4) is 0 Å². The lowest BCUT2D eigenvalue weighted by Crippen LogP contribution is -2.48. The first-order valence-electron chi connectivity index (χ1n) is 8.87. The largest absolute Gasteiger partial charge is 0.550 e. The zero-order valence-corrected chi connectivity index (χ0v) is 15.8. The number of aliphatic carboxylic acids is 2. The molecule has 0 aliphatic carbocycles. The third-order valence-corrected chi connectivity index (χ3v) is 4.52. The fourth-order valence-corrected chi connectivity index (χ4v) is 3.06. The number of amides is 1. The number of carbonyl (C=O) groups is 4. The van der Waals surface area contributed by atoms with Gasteiger partial charge in [-0.1, -0.05) is 12.2 Å². The molecule has 1 aromatic heterocycles. The minimum absolute atomic E-state index is 0.0157. The Bertz CT molecular complexity index is 983. The Balaban J connectivity index is 2.37. The van der Waals surface area contributed by atoms with Crippen LogP contribution in [0.1, 0.15) is 45.2 Å². The summed E-state index contributed by atoms with van der Waals surface area (Å²) in [7, 11) is 0. The first-order valence-corrected chi connectivity index (χ1v) is 8.87. The highest BCUT2D eigenvalue weighted by Crippen LogP contribution is 2.18. The molecule has 0 saturated carbocycles. The average Bonchev–Trinajstić information content (AvgIpc) is 2.86. The summed E-state index contributed by atoms with van der Waals surface area (Å²) in [6.07, 6.45) is 1.77. The summed E-state index contributed by atoms with van der Waals surface area (Å²) < 4.78 is 2.76. The molecule has 0 aromatic carbocycles. The third kappa shape index (κ3) is 4.70. The van der Waals surface area contributed by atoms with Crippen LogP contribution in [-0.4, -0.2) is 43.6 Å². The van der Waals surface area contributed by atoms with Gasteiger partial charge in [-0.2, -0.15) is 0 Å². The van der Waals surface area contributed by atoms with Gasteiger partial charge in [0.05, 0.1) is 12.1 Å². The molecule has 158 valence electrons. The van der Waals surface area contributed by atoms with E-state index in [-0.39, 0.29) is 19.4 Å². The number of rotatable bonds is 9. The van der Waals surface area contributed by atoms with Gasteiger partial charge in [0, 0.05) is 24.9 Å². The molecule has 0 fully saturated rings. The van der Waals surface area contributed by atoms with Crippen LogP contribution in [0, 0.1) is 0 Å². The van der Waals surface area contributed by atoms with Gasteiger partial charge in [0.2, 0.25) is 5.91 Å². The number of fused-ring (bicyclic) bond motifs is 1. The number of Topliss-reactive ketones (excluding diaryl/α,β-unsaturated/α-hetero) is 1. The van der Waals surface area contributed by atoms with Gasteiger partial charge in [-0.05, 0) is 26.7 Å². The second kappa shape index (κ2) is 8.71. The molecule has 0 spiro atoms. The van der Waals surface area contributed by atoms with E-state index in [1.165, 1.54) is 12.2 Å². The summed E-state index contributed by atoms with van der Waals surface area (Å²) >= 11 is 0. The van der Waals surface area contributed by atoms with Crippen molar-refractivity contribution in [3.63, 3.8) is 0 Å². The lowest BCUT2D eigenvalue weighted by molar-refractivity contribution is -0.307. The molecular weight excluding hydrogens is 388 g/mol. The zero-order chi connectivity index (χ0) is 21.9. The van der Waals surface area contributed by atoms with Crippen molar-refractivity contribution in [3.05, 3.63) is 33.1 Å². The fourth-order valence-electron chi connectivity index (χ4n) is 3.06. The van der Waals surface area contributed by atoms with Crippen molar-refractivity contribution in [3.8, 4) is 0 Å². The first-order chi connectivity index (χ1) is 13.5. The molecule has 3 atom stereocenters. The van der Waals surface area contributed by atoms with Crippen LogP contribution < -0.4 is 26.9 Å². The molecule has 1 N–H and O–H groups in total. The lowest BCUT2D eigenvalue weighted by Gasteiger charge is -2.26. The van der Waals surface area contributed by atoms with E-state index in [9.17, 15) is 39.0 Å². The van der Waals surface area contributed by atoms with E-state index in [0.29, 0.717) is 0 Å². The topological polar surface area (TPSA) is 175 Å². The predicted molar refractivity (Wildman–Crippen MR) is 92.3 cm³/mol. The Morgan fingerprint density at radius 2 is 1.69 bits per heavy atom. The van der Waals surface area contributed by atoms with Crippen LogP contribution in [0.5, 0.6) is 0 Å². The second-order valence-electron chi connectivity index (χ2n) is 6.70. The van der Waals surface area contributed by atoms with E-state index < -0.39 is 59.6 Å². The molecule has 29 heavy (non-hydrogen) atoms. The fraction of sp³-hybridized carbons (Fsp3) is 0.529. The van der Waals surface area contributed by atoms with E-state index >= 15 is 0 Å². The minimum Gasteiger partial charge on any atom is -0.550 e. The highest BCUT2D eigenvalue weighted by Gasteiger charge is 2.32. The number of nitrogens with zero attached hydrogens (tertiary/aromatic N) is 3. The summed E-state index contributed by atoms with van der Waals surface area (Å²) in [5.41, 5.74) is -1.55. The van der Waals surface area contributed by atoms with E-state index in [0.717, 1.165) is 20.9 Å². The summed E-state index contributed by atoms with van der Waals surface area (Å²) in [6.45, 7) is 2.53. The summed E-state index contributed by atoms with van der Waals surface area (Å²) in [4.78, 5) is 70.9. The highest BCUT2D eigenvalue weighted by molar-refractivity contribution is 5.92. The van der Waals surface area contributed by atoms with Gasteiger partial charge < -0.3 is 25.1 Å². The van der Waals surface area contributed by atoms with Gasteiger partial charge in [0.1, 0.15) is 0 Å². The lowest BCUT2D eigenvalue weighted by atomic mass is 10.1. The standard InChI is InChI=1S/C17H22N4O8/c1-9-5-6-12(15(27)18-11(10(2)22)8-14(25)26)21-17(29)19(16(28)20(9)21)7-3-4-13(23)24/h5-6,9,11-12H,3-4,7-8H2,1-2H3,(H,18,27)(H,23,24)(H,25,26)/p-2/t9-,11+,12+/m1/s1. The molecule has 0 bridgehead atoms. The number of carbonyl (C=O) groups excluding carboxylic acids is 4. The maximum Gasteiger partial charge on any atom is 0.348 e. The Hall–Kier alpha value is -3.44. The van der Waals surface area contributed by atoms with E-state index in [1.54, 1.807) is 6.92 Å². The van der Waals surface area contributed by atoms with Crippen molar-refractivity contribution in [2.45, 2.75) is 57.8 Å². The van der Waals surface area contributed by atoms with Gasteiger partial charge in [0.25, 0.3) is 0 Å². The van der Waals surface area contributed by atoms with Crippen molar-refractivity contribution >= 4 is 23.6 Å². The van der Waals surface area contributed by atoms with Crippen LogP contribution in [0.2, 0.25) is 0 Å². The van der Waals surface area contributed by atoms with Crippen molar-refractivity contribution in [2.24, 2.45) is 0 Å². The van der Waals surface area contributed by atoms with Gasteiger partial charge in [0.15, 0.2) is 11.8 Å². The van der Waals surface area contributed by atoms with Gasteiger partial charge in [-0.15, -0.1) is 0 Å². The van der Waals surface area contributed by atoms with E-state index in [1.807, 2.05) is 0 Å². The molecular formula is C17H20N4O8-2. The normalized spacial score (nSPS) is 18.7. The molecule has 2 heterocycles. The Morgan fingerprint density at radius 3 is 2.24 bits per heavy atom. The van der Waals surface area contributed by atoms with Crippen LogP contribution in [0.4, 0.5) is 0 Å².